The fourth-order valence-electron chi connectivity index (χ4n) is 1.68. The molecule has 3 aromatic rings. The number of rotatable bonds is 2. The van der Waals surface area contributed by atoms with Crippen LogP contribution in [0.1, 0.15) is 0 Å². The second kappa shape index (κ2) is 4.33. The molecule has 4 nitrogen and oxygen atoms in total. The third kappa shape index (κ3) is 1.96. The van der Waals surface area contributed by atoms with E-state index in [1.165, 1.54) is 0 Å². The molecule has 0 saturated carbocycles. The van der Waals surface area contributed by atoms with Crippen molar-refractivity contribution in [1.82, 2.24) is 9.97 Å². The highest BCUT2D eigenvalue weighted by Crippen LogP contribution is 2.26. The summed E-state index contributed by atoms with van der Waals surface area (Å²) in [4.78, 5) is 8.31. The number of aromatic nitrogens is 2. The van der Waals surface area contributed by atoms with Crippen LogP contribution in [0.15, 0.2) is 54.7 Å². The van der Waals surface area contributed by atoms with Crippen LogP contribution < -0.4 is 4.74 Å². The van der Waals surface area contributed by atoms with E-state index in [9.17, 15) is 5.11 Å². The Bertz CT molecular complexity index is 684. The van der Waals surface area contributed by atoms with Gasteiger partial charge in [0.25, 0.3) is 0 Å². The van der Waals surface area contributed by atoms with Crippen LogP contribution >= 0.6 is 0 Å². The summed E-state index contributed by atoms with van der Waals surface area (Å²) >= 11 is 0. The highest BCUT2D eigenvalue weighted by molar-refractivity contribution is 5.84. The second-order valence-corrected chi connectivity index (χ2v) is 3.77. The first kappa shape index (κ1) is 10.5. The summed E-state index contributed by atoms with van der Waals surface area (Å²) in [6.07, 6.45) is 1.65. The number of pyridine rings is 2. The molecule has 18 heavy (non-hydrogen) atoms. The first-order valence-electron chi connectivity index (χ1n) is 5.50. The van der Waals surface area contributed by atoms with Crippen LogP contribution in [0.4, 0.5) is 0 Å². The van der Waals surface area contributed by atoms with Crippen molar-refractivity contribution >= 4 is 10.9 Å². The molecule has 0 bridgehead atoms. The molecule has 0 saturated heterocycles. The zero-order chi connectivity index (χ0) is 12.4. The van der Waals surface area contributed by atoms with Crippen molar-refractivity contribution in [3.05, 3.63) is 54.7 Å². The van der Waals surface area contributed by atoms with Gasteiger partial charge in [-0.2, -0.15) is 0 Å². The van der Waals surface area contributed by atoms with Gasteiger partial charge in [-0.25, -0.2) is 9.97 Å². The Labute approximate surface area is 104 Å². The van der Waals surface area contributed by atoms with Gasteiger partial charge in [0.1, 0.15) is 11.3 Å². The molecular formula is C14H10N2O2. The van der Waals surface area contributed by atoms with Gasteiger partial charge in [-0.1, -0.05) is 18.2 Å². The maximum Gasteiger partial charge on any atom is 0.221 e. The minimum absolute atomic E-state index is 0.138. The summed E-state index contributed by atoms with van der Waals surface area (Å²) in [6.45, 7) is 0. The highest BCUT2D eigenvalue weighted by Gasteiger charge is 2.04. The maximum atomic E-state index is 9.73. The number of para-hydroxylation sites is 1. The lowest BCUT2D eigenvalue weighted by atomic mass is 10.2. The molecule has 4 heteroatoms. The van der Waals surface area contributed by atoms with Gasteiger partial charge in [0.05, 0.1) is 0 Å². The van der Waals surface area contributed by atoms with Crippen LogP contribution in [0.5, 0.6) is 17.5 Å². The van der Waals surface area contributed by atoms with Gasteiger partial charge in [0.2, 0.25) is 11.8 Å². The van der Waals surface area contributed by atoms with Crippen molar-refractivity contribution in [3.63, 3.8) is 0 Å². The maximum absolute atomic E-state index is 9.73. The summed E-state index contributed by atoms with van der Waals surface area (Å²) in [6, 6.07) is 14.2. The predicted molar refractivity (Wildman–Crippen MR) is 67.7 cm³/mol. The SMILES string of the molecule is Oc1cccc2ccc(Oc3ccccn3)nc12. The summed E-state index contributed by atoms with van der Waals surface area (Å²) < 4.78 is 5.51. The Morgan fingerprint density at radius 3 is 2.67 bits per heavy atom. The fraction of sp³-hybridized carbons (Fsp3) is 0. The minimum atomic E-state index is 0.138. The normalized spacial score (nSPS) is 10.4. The quantitative estimate of drug-likeness (QED) is 0.745. The van der Waals surface area contributed by atoms with E-state index in [1.807, 2.05) is 24.3 Å². The Balaban J connectivity index is 2.01. The van der Waals surface area contributed by atoms with Gasteiger partial charge < -0.3 is 9.84 Å². The number of phenolic OH excluding ortho intramolecular Hbond substituents is 1. The van der Waals surface area contributed by atoms with Crippen molar-refractivity contribution in [3.8, 4) is 17.5 Å². The van der Waals surface area contributed by atoms with Crippen LogP contribution in [0, 0.1) is 0 Å². The summed E-state index contributed by atoms with van der Waals surface area (Å²) in [5.74, 6) is 1.02. The molecule has 0 unspecified atom stereocenters. The first-order chi connectivity index (χ1) is 8.83. The summed E-state index contributed by atoms with van der Waals surface area (Å²) in [5, 5.41) is 10.6. The lowest BCUT2D eigenvalue weighted by Crippen LogP contribution is -1.90. The average molecular weight is 238 g/mol. The molecule has 0 atom stereocenters. The van der Waals surface area contributed by atoms with Crippen LogP contribution in [-0.4, -0.2) is 15.1 Å². The number of hydrogen-bond acceptors (Lipinski definition) is 4. The van der Waals surface area contributed by atoms with E-state index in [0.717, 1.165) is 5.39 Å². The molecule has 88 valence electrons. The zero-order valence-corrected chi connectivity index (χ0v) is 9.45. The molecule has 0 aliphatic rings. The Morgan fingerprint density at radius 2 is 1.83 bits per heavy atom. The Hall–Kier alpha value is -2.62. The fourth-order valence-corrected chi connectivity index (χ4v) is 1.68. The van der Waals surface area contributed by atoms with Crippen molar-refractivity contribution in [1.29, 1.82) is 0 Å². The van der Waals surface area contributed by atoms with E-state index in [2.05, 4.69) is 9.97 Å². The van der Waals surface area contributed by atoms with Crippen molar-refractivity contribution in [2.45, 2.75) is 0 Å². The Kier molecular flexibility index (Phi) is 2.53. The van der Waals surface area contributed by atoms with Crippen molar-refractivity contribution in [2.24, 2.45) is 0 Å². The minimum Gasteiger partial charge on any atom is -0.506 e. The molecular weight excluding hydrogens is 228 g/mol. The molecule has 2 heterocycles. The number of benzene rings is 1. The molecule has 0 fully saturated rings. The third-order valence-electron chi connectivity index (χ3n) is 2.52. The van der Waals surface area contributed by atoms with Crippen LogP contribution in [-0.2, 0) is 0 Å². The molecule has 0 aliphatic carbocycles. The highest BCUT2D eigenvalue weighted by atomic mass is 16.5. The molecule has 0 radical (unpaired) electrons. The Morgan fingerprint density at radius 1 is 0.889 bits per heavy atom. The molecule has 0 aliphatic heterocycles. The van der Waals surface area contributed by atoms with E-state index in [1.54, 1.807) is 30.5 Å². The van der Waals surface area contributed by atoms with Gasteiger partial charge >= 0.3 is 0 Å². The van der Waals surface area contributed by atoms with E-state index >= 15 is 0 Å². The topological polar surface area (TPSA) is 55.2 Å². The van der Waals surface area contributed by atoms with Gasteiger partial charge in [-0.15, -0.1) is 0 Å². The van der Waals surface area contributed by atoms with Gasteiger partial charge in [0.15, 0.2) is 0 Å². The van der Waals surface area contributed by atoms with Gasteiger partial charge in [0, 0.05) is 23.7 Å². The standard InChI is InChI=1S/C14H10N2O2/c17-11-5-3-4-10-7-8-13(16-14(10)11)18-12-6-1-2-9-15-12/h1-9,17H. The molecule has 0 spiro atoms. The summed E-state index contributed by atoms with van der Waals surface area (Å²) in [7, 11) is 0. The van der Waals surface area contributed by atoms with Crippen LogP contribution in [0.25, 0.3) is 10.9 Å². The molecule has 1 aromatic carbocycles. The van der Waals surface area contributed by atoms with E-state index < -0.39 is 0 Å². The number of nitrogens with zero attached hydrogens (tertiary/aromatic N) is 2. The molecule has 1 N–H and O–H groups in total. The van der Waals surface area contributed by atoms with Crippen molar-refractivity contribution < 1.29 is 9.84 Å². The smallest absolute Gasteiger partial charge is 0.221 e. The van der Waals surface area contributed by atoms with Gasteiger partial charge in [-0.05, 0) is 18.2 Å². The number of ether oxygens (including phenoxy) is 1. The van der Waals surface area contributed by atoms with Gasteiger partial charge in [-0.3, -0.25) is 0 Å². The number of fused-ring (bicyclic) bond motifs is 1. The monoisotopic (exact) mass is 238 g/mol. The number of phenols is 1. The summed E-state index contributed by atoms with van der Waals surface area (Å²) in [5.41, 5.74) is 0.519. The predicted octanol–water partition coefficient (Wildman–Crippen LogP) is 3.13. The second-order valence-electron chi connectivity index (χ2n) is 3.77. The van der Waals surface area contributed by atoms with E-state index in [0.29, 0.717) is 17.3 Å². The molecule has 2 aromatic heterocycles. The van der Waals surface area contributed by atoms with Crippen LogP contribution in [0.3, 0.4) is 0 Å². The largest absolute Gasteiger partial charge is 0.506 e. The lowest BCUT2D eigenvalue weighted by molar-refractivity contribution is 0.444. The molecule has 3 rings (SSSR count). The lowest BCUT2D eigenvalue weighted by Gasteiger charge is -2.05. The van der Waals surface area contributed by atoms with E-state index in [-0.39, 0.29) is 5.75 Å². The van der Waals surface area contributed by atoms with Crippen molar-refractivity contribution in [2.75, 3.05) is 0 Å². The first-order valence-corrected chi connectivity index (χ1v) is 5.50. The average Bonchev–Trinajstić information content (AvgIpc) is 2.41. The van der Waals surface area contributed by atoms with E-state index in [4.69, 9.17) is 4.74 Å². The molecule has 0 amide bonds. The number of hydrogen-bond donors (Lipinski definition) is 1. The third-order valence-corrected chi connectivity index (χ3v) is 2.52. The zero-order valence-electron chi connectivity index (χ0n) is 9.45. The van der Waals surface area contributed by atoms with Crippen LogP contribution in [0.2, 0.25) is 0 Å². The number of aromatic hydroxyl groups is 1.